The van der Waals surface area contributed by atoms with Gasteiger partial charge in [-0.2, -0.15) is 0 Å². The van der Waals surface area contributed by atoms with E-state index in [2.05, 4.69) is 4.98 Å². The Bertz CT molecular complexity index is 871. The topological polar surface area (TPSA) is 79.1 Å². The Morgan fingerprint density at radius 2 is 1.90 bits per heavy atom. The fraction of sp³-hybridized carbons (Fsp3) is 0. The van der Waals surface area contributed by atoms with E-state index in [-0.39, 0.29) is 11.4 Å². The smallest absolute Gasteiger partial charge is 0.272 e. The van der Waals surface area contributed by atoms with Crippen LogP contribution < -0.4 is 11.3 Å². The van der Waals surface area contributed by atoms with Crippen molar-refractivity contribution in [1.29, 1.82) is 0 Å². The number of halogens is 1. The second-order valence-electron chi connectivity index (χ2n) is 4.45. The maximum Gasteiger partial charge on any atom is 0.272 e. The second-order valence-corrected chi connectivity index (χ2v) is 4.89. The molecule has 5 heteroatoms. The summed E-state index contributed by atoms with van der Waals surface area (Å²) in [5.41, 5.74) is 7.15. The molecule has 3 aromatic rings. The lowest BCUT2D eigenvalue weighted by Crippen LogP contribution is -2.13. The van der Waals surface area contributed by atoms with E-state index in [1.165, 1.54) is 6.07 Å². The van der Waals surface area contributed by atoms with Gasteiger partial charge in [0.15, 0.2) is 0 Å². The first kappa shape index (κ1) is 12.6. The van der Waals surface area contributed by atoms with Crippen molar-refractivity contribution in [2.45, 2.75) is 0 Å². The Morgan fingerprint density at radius 1 is 1.15 bits per heavy atom. The van der Waals surface area contributed by atoms with Gasteiger partial charge in [0.25, 0.3) is 5.56 Å². The van der Waals surface area contributed by atoms with Gasteiger partial charge in [0.1, 0.15) is 11.4 Å². The molecule has 2 aromatic carbocycles. The highest BCUT2D eigenvalue weighted by Crippen LogP contribution is 2.37. The average Bonchev–Trinajstić information content (AvgIpc) is 2.43. The van der Waals surface area contributed by atoms with Crippen LogP contribution in [0.15, 0.2) is 47.3 Å². The van der Waals surface area contributed by atoms with E-state index >= 15 is 0 Å². The van der Waals surface area contributed by atoms with E-state index in [1.807, 2.05) is 18.2 Å². The fourth-order valence-corrected chi connectivity index (χ4v) is 2.43. The summed E-state index contributed by atoms with van der Waals surface area (Å²) in [7, 11) is 0. The molecule has 0 unspecified atom stereocenters. The van der Waals surface area contributed by atoms with Crippen LogP contribution in [0.1, 0.15) is 0 Å². The van der Waals surface area contributed by atoms with E-state index in [9.17, 15) is 9.90 Å². The molecule has 0 aliphatic rings. The highest BCUT2D eigenvalue weighted by Gasteiger charge is 2.15. The molecule has 0 fully saturated rings. The first-order valence-electron chi connectivity index (χ1n) is 5.97. The van der Waals surface area contributed by atoms with Gasteiger partial charge < -0.3 is 15.8 Å². The summed E-state index contributed by atoms with van der Waals surface area (Å²) in [5.74, 6) is 0.0249. The zero-order valence-electron chi connectivity index (χ0n) is 10.4. The Morgan fingerprint density at radius 3 is 2.70 bits per heavy atom. The molecule has 0 bridgehead atoms. The third-order valence-electron chi connectivity index (χ3n) is 3.19. The van der Waals surface area contributed by atoms with E-state index in [0.29, 0.717) is 21.7 Å². The minimum Gasteiger partial charge on any atom is -0.507 e. The van der Waals surface area contributed by atoms with Crippen LogP contribution in [0.3, 0.4) is 0 Å². The highest BCUT2D eigenvalue weighted by atomic mass is 35.5. The van der Waals surface area contributed by atoms with E-state index in [4.69, 9.17) is 17.3 Å². The number of hydrogen-bond donors (Lipinski definition) is 3. The van der Waals surface area contributed by atoms with Gasteiger partial charge in [-0.25, -0.2) is 0 Å². The first-order valence-corrected chi connectivity index (χ1v) is 6.35. The molecule has 1 heterocycles. The summed E-state index contributed by atoms with van der Waals surface area (Å²) in [4.78, 5) is 14.6. The number of para-hydroxylation sites is 1. The normalized spacial score (nSPS) is 10.8. The van der Waals surface area contributed by atoms with Gasteiger partial charge in [-0.3, -0.25) is 4.79 Å². The monoisotopic (exact) mass is 286 g/mol. The number of aromatic amines is 1. The number of phenols is 1. The number of nitrogens with two attached hydrogens (primary N) is 1. The SMILES string of the molecule is Nc1c(-c2cc(Cl)ccc2O)c2ccccc2[nH]c1=O. The largest absolute Gasteiger partial charge is 0.507 e. The molecule has 100 valence electrons. The molecule has 20 heavy (non-hydrogen) atoms. The van der Waals surface area contributed by atoms with Crippen molar-refractivity contribution in [3.63, 3.8) is 0 Å². The lowest BCUT2D eigenvalue weighted by atomic mass is 9.99. The molecule has 0 saturated carbocycles. The Balaban J connectivity index is 2.49. The summed E-state index contributed by atoms with van der Waals surface area (Å²) < 4.78 is 0. The van der Waals surface area contributed by atoms with Crippen LogP contribution in [0.2, 0.25) is 5.02 Å². The molecule has 1 aromatic heterocycles. The molecule has 3 rings (SSSR count). The van der Waals surface area contributed by atoms with Gasteiger partial charge in [-0.05, 0) is 24.3 Å². The number of fused-ring (bicyclic) bond motifs is 1. The first-order chi connectivity index (χ1) is 9.58. The van der Waals surface area contributed by atoms with Crippen molar-refractivity contribution in [1.82, 2.24) is 4.98 Å². The number of pyridine rings is 1. The number of aromatic nitrogens is 1. The average molecular weight is 287 g/mol. The van der Waals surface area contributed by atoms with Crippen molar-refractivity contribution in [3.05, 3.63) is 57.8 Å². The summed E-state index contributed by atoms with van der Waals surface area (Å²) in [6, 6.07) is 11.9. The molecule has 0 amide bonds. The highest BCUT2D eigenvalue weighted by molar-refractivity contribution is 6.31. The molecule has 0 saturated heterocycles. The van der Waals surface area contributed by atoms with Gasteiger partial charge in [-0.1, -0.05) is 29.8 Å². The van der Waals surface area contributed by atoms with E-state index in [1.54, 1.807) is 18.2 Å². The van der Waals surface area contributed by atoms with Crippen LogP contribution in [-0.4, -0.2) is 10.1 Å². The van der Waals surface area contributed by atoms with Crippen LogP contribution in [0.25, 0.3) is 22.0 Å². The predicted octanol–water partition coefficient (Wildman–Crippen LogP) is 3.14. The van der Waals surface area contributed by atoms with Crippen LogP contribution in [0.4, 0.5) is 5.69 Å². The van der Waals surface area contributed by atoms with Gasteiger partial charge in [0.05, 0.1) is 0 Å². The van der Waals surface area contributed by atoms with Crippen molar-refractivity contribution in [2.75, 3.05) is 5.73 Å². The van der Waals surface area contributed by atoms with Crippen molar-refractivity contribution >= 4 is 28.2 Å². The minimum atomic E-state index is -0.391. The standard InChI is InChI=1S/C15H11ClN2O2/c16-8-5-6-12(19)10(7-8)13-9-3-1-2-4-11(9)18-15(20)14(13)17/h1-7,19H,17H2,(H,18,20). The molecule has 4 nitrogen and oxygen atoms in total. The Kier molecular flexibility index (Phi) is 2.88. The predicted molar refractivity (Wildman–Crippen MR) is 81.1 cm³/mol. The number of phenolic OH excluding ortho intramolecular Hbond substituents is 1. The number of rotatable bonds is 1. The number of aromatic hydroxyl groups is 1. The number of H-pyrrole nitrogens is 1. The number of nitrogens with one attached hydrogen (secondary N) is 1. The molecule has 4 N–H and O–H groups in total. The summed E-state index contributed by atoms with van der Waals surface area (Å²) in [5, 5.41) is 11.2. The van der Waals surface area contributed by atoms with Crippen LogP contribution in [-0.2, 0) is 0 Å². The quantitative estimate of drug-likeness (QED) is 0.643. The third-order valence-corrected chi connectivity index (χ3v) is 3.42. The summed E-state index contributed by atoms with van der Waals surface area (Å²) >= 11 is 5.97. The number of nitrogen functional groups attached to an aromatic ring is 1. The minimum absolute atomic E-state index is 0.0249. The number of hydrogen-bond acceptors (Lipinski definition) is 3. The van der Waals surface area contributed by atoms with Crippen LogP contribution in [0, 0.1) is 0 Å². The van der Waals surface area contributed by atoms with E-state index in [0.717, 1.165) is 5.39 Å². The molecule has 0 aliphatic heterocycles. The van der Waals surface area contributed by atoms with Crippen molar-refractivity contribution in [2.24, 2.45) is 0 Å². The Hall–Kier alpha value is -2.46. The summed E-state index contributed by atoms with van der Waals surface area (Å²) in [6.07, 6.45) is 0. The molecule has 0 aliphatic carbocycles. The second kappa shape index (κ2) is 4.58. The maximum absolute atomic E-state index is 11.9. The number of benzene rings is 2. The maximum atomic E-state index is 11.9. The zero-order chi connectivity index (χ0) is 14.3. The summed E-state index contributed by atoms with van der Waals surface area (Å²) in [6.45, 7) is 0. The molecular weight excluding hydrogens is 276 g/mol. The van der Waals surface area contributed by atoms with E-state index < -0.39 is 5.56 Å². The molecule has 0 spiro atoms. The van der Waals surface area contributed by atoms with Crippen LogP contribution >= 0.6 is 11.6 Å². The molecular formula is C15H11ClN2O2. The van der Waals surface area contributed by atoms with Gasteiger partial charge in [-0.15, -0.1) is 0 Å². The van der Waals surface area contributed by atoms with Crippen LogP contribution in [0.5, 0.6) is 5.75 Å². The lowest BCUT2D eigenvalue weighted by molar-refractivity contribution is 0.477. The zero-order valence-corrected chi connectivity index (χ0v) is 11.1. The fourth-order valence-electron chi connectivity index (χ4n) is 2.26. The third kappa shape index (κ3) is 1.90. The molecule has 0 radical (unpaired) electrons. The number of anilines is 1. The molecule has 0 atom stereocenters. The lowest BCUT2D eigenvalue weighted by Gasteiger charge is -2.11. The Labute approximate surface area is 119 Å². The van der Waals surface area contributed by atoms with Gasteiger partial charge >= 0.3 is 0 Å². The van der Waals surface area contributed by atoms with Gasteiger partial charge in [0, 0.05) is 27.1 Å². The van der Waals surface area contributed by atoms with Gasteiger partial charge in [0.2, 0.25) is 0 Å². The van der Waals surface area contributed by atoms with Crippen molar-refractivity contribution in [3.8, 4) is 16.9 Å². The van der Waals surface area contributed by atoms with Crippen molar-refractivity contribution < 1.29 is 5.11 Å².